The Labute approximate surface area is 192 Å². The van der Waals surface area contributed by atoms with E-state index in [2.05, 4.69) is 10.3 Å². The first-order valence-electron chi connectivity index (χ1n) is 9.42. The van der Waals surface area contributed by atoms with Gasteiger partial charge in [0, 0.05) is 22.9 Å². The van der Waals surface area contributed by atoms with Crippen molar-refractivity contribution >= 4 is 52.5 Å². The lowest BCUT2D eigenvalue weighted by molar-refractivity contribution is -0.123. The molecule has 0 saturated carbocycles. The molecular weight excluding hydrogens is 455 g/mol. The van der Waals surface area contributed by atoms with Gasteiger partial charge >= 0.3 is 5.97 Å². The summed E-state index contributed by atoms with van der Waals surface area (Å²) in [6.45, 7) is 1.38. The van der Waals surface area contributed by atoms with E-state index in [1.54, 1.807) is 24.3 Å². The number of nitrogens with one attached hydrogen (secondary N) is 1. The molecule has 0 spiro atoms. The van der Waals surface area contributed by atoms with Gasteiger partial charge in [0.15, 0.2) is 17.7 Å². The van der Waals surface area contributed by atoms with Gasteiger partial charge in [-0.25, -0.2) is 9.78 Å². The Hall–Kier alpha value is -3.55. The lowest BCUT2D eigenvalue weighted by atomic mass is 9.83. The van der Waals surface area contributed by atoms with Gasteiger partial charge in [0.25, 0.3) is 5.91 Å². The summed E-state index contributed by atoms with van der Waals surface area (Å²) in [7, 11) is 0. The summed E-state index contributed by atoms with van der Waals surface area (Å²) in [4.78, 5) is 54.6. The zero-order chi connectivity index (χ0) is 23.0. The second-order valence-corrected chi connectivity index (χ2v) is 7.77. The van der Waals surface area contributed by atoms with Gasteiger partial charge < -0.3 is 10.1 Å². The molecule has 1 heterocycles. The Morgan fingerprint density at radius 3 is 2.28 bits per heavy atom. The molecule has 1 amide bonds. The second kappa shape index (κ2) is 8.53. The second-order valence-electron chi connectivity index (χ2n) is 6.95. The third-order valence-corrected chi connectivity index (χ3v) is 5.50. The molecule has 32 heavy (non-hydrogen) atoms. The van der Waals surface area contributed by atoms with Crippen LogP contribution in [0, 0.1) is 0 Å². The Kier molecular flexibility index (Phi) is 5.78. The highest BCUT2D eigenvalue weighted by molar-refractivity contribution is 6.41. The van der Waals surface area contributed by atoms with E-state index in [0.717, 1.165) is 0 Å². The van der Waals surface area contributed by atoms with Crippen LogP contribution in [0.2, 0.25) is 10.0 Å². The van der Waals surface area contributed by atoms with Crippen molar-refractivity contribution in [1.82, 2.24) is 4.98 Å². The number of carbonyl (C=O) groups is 4. The number of pyridine rings is 1. The average molecular weight is 469 g/mol. The quantitative estimate of drug-likeness (QED) is 0.446. The van der Waals surface area contributed by atoms with E-state index >= 15 is 0 Å². The van der Waals surface area contributed by atoms with Crippen LogP contribution in [0.5, 0.6) is 0 Å². The van der Waals surface area contributed by atoms with Crippen molar-refractivity contribution in [2.45, 2.75) is 13.0 Å². The molecule has 0 saturated heterocycles. The third-order valence-electron chi connectivity index (χ3n) is 4.88. The molecule has 7 nitrogen and oxygen atoms in total. The predicted octanol–water partition coefficient (Wildman–Crippen LogP) is 4.35. The number of ether oxygens (including phenoxy) is 1. The topological polar surface area (TPSA) is 102 Å². The number of aromatic nitrogens is 1. The first-order valence-corrected chi connectivity index (χ1v) is 10.2. The zero-order valence-electron chi connectivity index (χ0n) is 16.5. The van der Waals surface area contributed by atoms with Crippen LogP contribution >= 0.6 is 23.2 Å². The van der Waals surface area contributed by atoms with E-state index in [1.807, 2.05) is 0 Å². The van der Waals surface area contributed by atoms with Crippen LogP contribution in [0.3, 0.4) is 0 Å². The van der Waals surface area contributed by atoms with Crippen molar-refractivity contribution in [2.75, 3.05) is 5.32 Å². The standard InChI is InChI=1S/C23H14Cl2N2O5/c1-11(22(30)27-17-9-6-12(24)10-26-17)32-23(31)16-8-7-15-18(19(16)25)21(29)14-5-3-2-4-13(14)20(15)28/h2-11H,1H3,(H,26,27,30). The molecule has 0 bridgehead atoms. The molecule has 160 valence electrons. The number of esters is 1. The minimum atomic E-state index is -1.19. The van der Waals surface area contributed by atoms with Crippen molar-refractivity contribution < 1.29 is 23.9 Å². The maximum Gasteiger partial charge on any atom is 0.340 e. The van der Waals surface area contributed by atoms with Crippen LogP contribution in [0.25, 0.3) is 0 Å². The van der Waals surface area contributed by atoms with Crippen molar-refractivity contribution in [3.8, 4) is 0 Å². The first-order chi connectivity index (χ1) is 15.3. The zero-order valence-corrected chi connectivity index (χ0v) is 18.0. The lowest BCUT2D eigenvalue weighted by Gasteiger charge is -2.20. The number of amides is 1. The van der Waals surface area contributed by atoms with Crippen molar-refractivity contribution in [3.63, 3.8) is 0 Å². The predicted molar refractivity (Wildman–Crippen MR) is 118 cm³/mol. The molecule has 0 fully saturated rings. The maximum atomic E-state index is 12.9. The number of halogens is 2. The largest absolute Gasteiger partial charge is 0.449 e. The summed E-state index contributed by atoms with van der Waals surface area (Å²) < 4.78 is 5.21. The van der Waals surface area contributed by atoms with Gasteiger partial charge in [0.05, 0.1) is 21.2 Å². The van der Waals surface area contributed by atoms with E-state index < -0.39 is 23.8 Å². The number of anilines is 1. The molecule has 4 rings (SSSR count). The Morgan fingerprint density at radius 2 is 1.62 bits per heavy atom. The Balaban J connectivity index is 1.56. The van der Waals surface area contributed by atoms with Crippen LogP contribution < -0.4 is 5.32 Å². The Morgan fingerprint density at radius 1 is 0.938 bits per heavy atom. The van der Waals surface area contributed by atoms with Crippen LogP contribution in [-0.4, -0.2) is 34.5 Å². The molecule has 3 aromatic rings. The molecule has 1 aliphatic carbocycles. The molecule has 2 aromatic carbocycles. The lowest BCUT2D eigenvalue weighted by Crippen LogP contribution is -2.30. The summed E-state index contributed by atoms with van der Waals surface area (Å²) in [6, 6.07) is 12.1. The SMILES string of the molecule is CC(OC(=O)c1ccc2c(c1Cl)C(=O)c1ccccc1C2=O)C(=O)Nc1ccc(Cl)cn1. The van der Waals surface area contributed by atoms with Crippen LogP contribution in [-0.2, 0) is 9.53 Å². The third kappa shape index (κ3) is 3.88. The molecule has 9 heteroatoms. The monoisotopic (exact) mass is 468 g/mol. The fourth-order valence-electron chi connectivity index (χ4n) is 3.26. The molecule has 0 aliphatic heterocycles. The summed E-state index contributed by atoms with van der Waals surface area (Å²) in [6.07, 6.45) is 0.169. The fraction of sp³-hybridized carbons (Fsp3) is 0.0870. The molecular formula is C23H14Cl2N2O5. The number of hydrogen-bond donors (Lipinski definition) is 1. The number of ketones is 2. The van der Waals surface area contributed by atoms with E-state index in [-0.39, 0.29) is 44.4 Å². The minimum Gasteiger partial charge on any atom is -0.449 e. The van der Waals surface area contributed by atoms with Gasteiger partial charge in [-0.05, 0) is 31.2 Å². The van der Waals surface area contributed by atoms with Gasteiger partial charge in [0.1, 0.15) is 5.82 Å². The smallest absolute Gasteiger partial charge is 0.340 e. The van der Waals surface area contributed by atoms with Gasteiger partial charge in [-0.15, -0.1) is 0 Å². The van der Waals surface area contributed by atoms with Gasteiger partial charge in [-0.1, -0.05) is 47.5 Å². The van der Waals surface area contributed by atoms with Gasteiger partial charge in [0.2, 0.25) is 0 Å². The summed E-state index contributed by atoms with van der Waals surface area (Å²) in [5, 5.41) is 2.70. The average Bonchev–Trinajstić information content (AvgIpc) is 2.78. The molecule has 1 aromatic heterocycles. The number of rotatable bonds is 4. The van der Waals surface area contributed by atoms with Gasteiger partial charge in [-0.3, -0.25) is 14.4 Å². The molecule has 1 N–H and O–H groups in total. The fourth-order valence-corrected chi connectivity index (χ4v) is 3.70. The van der Waals surface area contributed by atoms with Crippen molar-refractivity contribution in [3.05, 3.63) is 92.6 Å². The van der Waals surface area contributed by atoms with Crippen LogP contribution in [0.1, 0.15) is 49.1 Å². The molecule has 1 unspecified atom stereocenters. The van der Waals surface area contributed by atoms with E-state index in [4.69, 9.17) is 27.9 Å². The Bertz CT molecular complexity index is 1290. The number of nitrogens with zero attached hydrogens (tertiary/aromatic N) is 1. The normalized spacial score (nSPS) is 13.1. The van der Waals surface area contributed by atoms with E-state index in [0.29, 0.717) is 5.02 Å². The summed E-state index contributed by atoms with van der Waals surface area (Å²) in [5.74, 6) is -2.13. The first kappa shape index (κ1) is 21.7. The van der Waals surface area contributed by atoms with E-state index in [1.165, 1.54) is 37.4 Å². The highest BCUT2D eigenvalue weighted by Gasteiger charge is 2.33. The van der Waals surface area contributed by atoms with E-state index in [9.17, 15) is 19.2 Å². The number of benzene rings is 2. The highest BCUT2D eigenvalue weighted by Crippen LogP contribution is 2.34. The molecule has 1 atom stereocenters. The molecule has 0 radical (unpaired) electrons. The maximum absolute atomic E-state index is 12.9. The van der Waals surface area contributed by atoms with Crippen molar-refractivity contribution in [1.29, 1.82) is 0 Å². The van der Waals surface area contributed by atoms with Gasteiger partial charge in [-0.2, -0.15) is 0 Å². The highest BCUT2D eigenvalue weighted by atomic mass is 35.5. The number of hydrogen-bond acceptors (Lipinski definition) is 6. The van der Waals surface area contributed by atoms with Crippen LogP contribution in [0.15, 0.2) is 54.7 Å². The molecule has 1 aliphatic rings. The van der Waals surface area contributed by atoms with Crippen LogP contribution in [0.4, 0.5) is 5.82 Å². The minimum absolute atomic E-state index is 0.0627. The summed E-state index contributed by atoms with van der Waals surface area (Å²) in [5.41, 5.74) is 0.399. The summed E-state index contributed by atoms with van der Waals surface area (Å²) >= 11 is 12.1. The van der Waals surface area contributed by atoms with Crippen molar-refractivity contribution in [2.24, 2.45) is 0 Å². The number of carbonyl (C=O) groups excluding carboxylic acids is 4. The number of fused-ring (bicyclic) bond motifs is 2.